The Morgan fingerprint density at radius 3 is 2.16 bits per heavy atom. The molecular weight excluding hydrogens is 875 g/mol. The smallest absolute Gasteiger partial charge is 0.437 e. The van der Waals surface area contributed by atoms with Crippen LogP contribution in [-0.4, -0.2) is 83.8 Å². The highest BCUT2D eigenvalue weighted by Gasteiger charge is 2.52. The SMILES string of the molecule is CCOC(=O)OC1=C(c2cc(-c3ccc(Cl)cc3)ccc2CCC2(C)OC(C)(C)C(OC(=O)OC)=C(c3cc(-n4cnc(Cl)c4Cl)ccc3CC)C2=O)C(=O)C2(CCOCC2)OC1. The summed E-state index contributed by atoms with van der Waals surface area (Å²) in [4.78, 5) is 60.1. The van der Waals surface area contributed by atoms with Crippen molar-refractivity contribution in [2.75, 3.05) is 33.5 Å². The molecule has 4 heterocycles. The van der Waals surface area contributed by atoms with E-state index in [0.29, 0.717) is 59.9 Å². The van der Waals surface area contributed by atoms with Gasteiger partial charge in [-0.15, -0.1) is 0 Å². The molecule has 3 aliphatic rings. The number of ketones is 2. The molecule has 13 nitrogen and oxygen atoms in total. The van der Waals surface area contributed by atoms with E-state index in [2.05, 4.69) is 4.98 Å². The van der Waals surface area contributed by atoms with Gasteiger partial charge in [0.15, 0.2) is 27.6 Å². The minimum absolute atomic E-state index is 0.00323. The fraction of sp³-hybridized carbons (Fsp3) is 0.383. The van der Waals surface area contributed by atoms with Gasteiger partial charge in [0.05, 0.1) is 24.9 Å². The van der Waals surface area contributed by atoms with E-state index >= 15 is 4.79 Å². The number of halogens is 3. The third-order valence-electron chi connectivity index (χ3n) is 11.6. The van der Waals surface area contributed by atoms with E-state index in [1.54, 1.807) is 50.5 Å². The molecule has 0 amide bonds. The Morgan fingerprint density at radius 1 is 0.825 bits per heavy atom. The molecule has 16 heteroatoms. The molecule has 3 aromatic carbocycles. The quantitative estimate of drug-likeness (QED) is 0.132. The molecule has 1 unspecified atom stereocenters. The lowest BCUT2D eigenvalue weighted by atomic mass is 9.76. The zero-order chi connectivity index (χ0) is 45.3. The standard InChI is InChI=1S/C47H47Cl3N2O11/c1-7-27-13-16-32(52-26-51-41(49)42(52)50)24-34(27)37-38(53)46(5,63-45(3,4)40(37)62-43(55)57-6)18-17-29-9-10-30(28-11-14-31(48)15-12-28)23-33(29)36-35(61-44(56)59-8-2)25-60-47(39(36)54)19-21-58-22-20-47/h9-16,23-24,26H,7-8,17-22,25H2,1-6H3. The molecule has 63 heavy (non-hydrogen) atoms. The lowest BCUT2D eigenvalue weighted by molar-refractivity contribution is -0.164. The van der Waals surface area contributed by atoms with Gasteiger partial charge in [-0.3, -0.25) is 14.2 Å². The Morgan fingerprint density at radius 2 is 1.51 bits per heavy atom. The Balaban J connectivity index is 1.36. The van der Waals surface area contributed by atoms with E-state index in [1.807, 2.05) is 49.4 Å². The zero-order valence-electron chi connectivity index (χ0n) is 35.7. The van der Waals surface area contributed by atoms with E-state index in [1.165, 1.54) is 13.4 Å². The van der Waals surface area contributed by atoms with Crippen LogP contribution >= 0.6 is 34.8 Å². The van der Waals surface area contributed by atoms with E-state index < -0.39 is 34.9 Å². The first kappa shape index (κ1) is 46.0. The van der Waals surface area contributed by atoms with Crippen LogP contribution in [0.2, 0.25) is 15.3 Å². The van der Waals surface area contributed by atoms with Crippen molar-refractivity contribution in [3.8, 4) is 16.8 Å². The number of imidazole rings is 1. The lowest BCUT2D eigenvalue weighted by Crippen LogP contribution is -2.52. The molecule has 1 fully saturated rings. The highest BCUT2D eigenvalue weighted by molar-refractivity contribution is 6.40. The number of rotatable bonds is 11. The maximum Gasteiger partial charge on any atom is 0.513 e. The van der Waals surface area contributed by atoms with Gasteiger partial charge in [0.25, 0.3) is 0 Å². The van der Waals surface area contributed by atoms with Gasteiger partial charge < -0.3 is 33.2 Å². The molecule has 1 aromatic heterocycles. The molecule has 7 rings (SSSR count). The molecule has 1 saturated heterocycles. The highest BCUT2D eigenvalue weighted by Crippen LogP contribution is 2.46. The summed E-state index contributed by atoms with van der Waals surface area (Å²) in [6, 6.07) is 18.4. The number of ether oxygens (including phenoxy) is 7. The molecular formula is C47H47Cl3N2O11. The van der Waals surface area contributed by atoms with Crippen LogP contribution in [0, 0.1) is 0 Å². The van der Waals surface area contributed by atoms with Crippen LogP contribution in [0.3, 0.4) is 0 Å². The van der Waals surface area contributed by atoms with Crippen molar-refractivity contribution >= 4 is 69.8 Å². The van der Waals surface area contributed by atoms with Gasteiger partial charge in [0, 0.05) is 36.8 Å². The van der Waals surface area contributed by atoms with Gasteiger partial charge in [-0.2, -0.15) is 0 Å². The minimum Gasteiger partial charge on any atom is -0.437 e. The predicted molar refractivity (Wildman–Crippen MR) is 236 cm³/mol. The fourth-order valence-corrected chi connectivity index (χ4v) is 8.82. The Bertz CT molecular complexity index is 2520. The van der Waals surface area contributed by atoms with Gasteiger partial charge in [0.2, 0.25) is 0 Å². The zero-order valence-corrected chi connectivity index (χ0v) is 38.0. The Hall–Kier alpha value is -5.02. The summed E-state index contributed by atoms with van der Waals surface area (Å²) < 4.78 is 41.7. The second-order valence-corrected chi connectivity index (χ2v) is 17.2. The number of nitrogens with zero attached hydrogens (tertiary/aromatic N) is 2. The normalized spacial score (nSPS) is 19.6. The number of carbonyl (C=O) groups is 4. The monoisotopic (exact) mass is 920 g/mol. The van der Waals surface area contributed by atoms with Crippen LogP contribution in [0.15, 0.2) is 78.5 Å². The van der Waals surface area contributed by atoms with Gasteiger partial charge in [-0.1, -0.05) is 72.1 Å². The second kappa shape index (κ2) is 18.6. The molecule has 0 saturated carbocycles. The fourth-order valence-electron chi connectivity index (χ4n) is 8.37. The molecule has 0 bridgehead atoms. The first-order chi connectivity index (χ1) is 30.0. The molecule has 3 aliphatic heterocycles. The molecule has 1 atom stereocenters. The van der Waals surface area contributed by atoms with Crippen molar-refractivity contribution in [3.63, 3.8) is 0 Å². The molecule has 0 N–H and O–H groups in total. The Labute approximate surface area is 380 Å². The first-order valence-electron chi connectivity index (χ1n) is 20.6. The predicted octanol–water partition coefficient (Wildman–Crippen LogP) is 10.4. The van der Waals surface area contributed by atoms with Crippen LogP contribution in [-0.2, 0) is 55.6 Å². The van der Waals surface area contributed by atoms with Crippen LogP contribution in [0.1, 0.15) is 76.1 Å². The summed E-state index contributed by atoms with van der Waals surface area (Å²) in [5.74, 6) is -0.852. The lowest BCUT2D eigenvalue weighted by Gasteiger charge is -2.44. The maximum absolute atomic E-state index is 15.3. The van der Waals surface area contributed by atoms with E-state index in [9.17, 15) is 14.4 Å². The van der Waals surface area contributed by atoms with Gasteiger partial charge in [-0.05, 0) is 111 Å². The van der Waals surface area contributed by atoms with Crippen LogP contribution < -0.4 is 0 Å². The first-order valence-corrected chi connectivity index (χ1v) is 21.7. The van der Waals surface area contributed by atoms with Crippen molar-refractivity contribution in [3.05, 3.63) is 116 Å². The van der Waals surface area contributed by atoms with E-state index in [0.717, 1.165) is 16.7 Å². The average molecular weight is 922 g/mol. The molecule has 0 radical (unpaired) electrons. The third-order valence-corrected chi connectivity index (χ3v) is 12.6. The third kappa shape index (κ3) is 9.18. The van der Waals surface area contributed by atoms with Crippen molar-refractivity contribution in [2.45, 2.75) is 83.5 Å². The van der Waals surface area contributed by atoms with Crippen LogP contribution in [0.25, 0.3) is 28.0 Å². The number of aryl methyl sites for hydroxylation is 2. The summed E-state index contributed by atoms with van der Waals surface area (Å²) in [6.07, 6.45) is 0.856. The molecule has 4 aromatic rings. The number of hydrogen-bond donors (Lipinski definition) is 0. The van der Waals surface area contributed by atoms with Crippen LogP contribution in [0.5, 0.6) is 0 Å². The van der Waals surface area contributed by atoms with Gasteiger partial charge >= 0.3 is 12.3 Å². The Kier molecular flexibility index (Phi) is 13.6. The molecule has 0 aliphatic carbocycles. The van der Waals surface area contributed by atoms with Crippen molar-refractivity contribution < 1.29 is 52.3 Å². The topological polar surface area (TPSA) is 151 Å². The largest absolute Gasteiger partial charge is 0.513 e. The average Bonchev–Trinajstić information content (AvgIpc) is 3.60. The summed E-state index contributed by atoms with van der Waals surface area (Å²) in [5, 5.41) is 0.827. The summed E-state index contributed by atoms with van der Waals surface area (Å²) in [7, 11) is 1.18. The number of benzene rings is 3. The maximum atomic E-state index is 15.3. The summed E-state index contributed by atoms with van der Waals surface area (Å²) >= 11 is 19.0. The molecule has 332 valence electrons. The summed E-state index contributed by atoms with van der Waals surface area (Å²) in [6.45, 7) is 9.20. The van der Waals surface area contributed by atoms with Crippen molar-refractivity contribution in [1.29, 1.82) is 0 Å². The van der Waals surface area contributed by atoms with Gasteiger partial charge in [0.1, 0.15) is 35.5 Å². The second-order valence-electron chi connectivity index (χ2n) is 16.0. The number of aromatic nitrogens is 2. The van der Waals surface area contributed by atoms with E-state index in [-0.39, 0.29) is 64.8 Å². The van der Waals surface area contributed by atoms with E-state index in [4.69, 9.17) is 68.0 Å². The summed E-state index contributed by atoms with van der Waals surface area (Å²) in [5.41, 5.74) is 0.701. The van der Waals surface area contributed by atoms with Crippen LogP contribution in [0.4, 0.5) is 9.59 Å². The number of carbonyl (C=O) groups excluding carboxylic acids is 4. The minimum atomic E-state index is -1.54. The van der Waals surface area contributed by atoms with Crippen molar-refractivity contribution in [2.24, 2.45) is 0 Å². The number of methoxy groups -OCH3 is 1. The number of Topliss-reactive ketones (excluding diaryl/α,β-unsaturated/α-hetero) is 2. The van der Waals surface area contributed by atoms with Crippen molar-refractivity contribution in [1.82, 2.24) is 9.55 Å². The molecule has 1 spiro atoms. The van der Waals surface area contributed by atoms with Gasteiger partial charge in [-0.25, -0.2) is 14.6 Å². The number of hydrogen-bond acceptors (Lipinski definition) is 12. The highest BCUT2D eigenvalue weighted by atomic mass is 35.5.